The molecular formula is C46H55N2O6S+. The van der Waals surface area contributed by atoms with E-state index >= 15 is 0 Å². The van der Waals surface area contributed by atoms with Gasteiger partial charge in [-0.15, -0.1) is 0 Å². The number of allylic oxidation sites excluding steroid dienone is 6. The molecule has 0 radical (unpaired) electrons. The Kier molecular flexibility index (Phi) is 11.7. The molecule has 9 heteroatoms. The van der Waals surface area contributed by atoms with E-state index in [1.165, 1.54) is 28.1 Å². The highest BCUT2D eigenvalue weighted by molar-refractivity contribution is 7.85. The van der Waals surface area contributed by atoms with Crippen LogP contribution < -0.4 is 4.90 Å². The minimum Gasteiger partial charge on any atom is -0.493 e. The van der Waals surface area contributed by atoms with Crippen LogP contribution in [0.3, 0.4) is 0 Å². The predicted octanol–water partition coefficient (Wildman–Crippen LogP) is 9.92. The van der Waals surface area contributed by atoms with Gasteiger partial charge >= 0.3 is 5.97 Å². The number of anilines is 1. The highest BCUT2D eigenvalue weighted by Gasteiger charge is 2.44. The van der Waals surface area contributed by atoms with Crippen molar-refractivity contribution in [3.63, 3.8) is 0 Å². The van der Waals surface area contributed by atoms with Crippen LogP contribution >= 0.6 is 0 Å². The van der Waals surface area contributed by atoms with Crippen LogP contribution in [0.15, 0.2) is 108 Å². The van der Waals surface area contributed by atoms with Gasteiger partial charge in [-0.25, -0.2) is 4.79 Å². The van der Waals surface area contributed by atoms with Crippen LogP contribution in [-0.2, 0) is 25.7 Å². The molecule has 0 aliphatic carbocycles. The first-order valence-corrected chi connectivity index (χ1v) is 21.1. The number of hydrogen-bond acceptors (Lipinski definition) is 5. The number of aryl methyl sites for hydroxylation is 1. The van der Waals surface area contributed by atoms with E-state index in [1.54, 1.807) is 12.1 Å². The number of fused-ring (bicyclic) bond motifs is 2. The van der Waals surface area contributed by atoms with Crippen molar-refractivity contribution >= 4 is 38.7 Å². The Hall–Kier alpha value is -4.73. The molecule has 8 nitrogen and oxygen atoms in total. The number of unbranched alkanes of at least 4 members (excludes halogenated alkanes) is 3. The summed E-state index contributed by atoms with van der Waals surface area (Å²) in [7, 11) is -4.03. The Balaban J connectivity index is 1.45. The van der Waals surface area contributed by atoms with Crippen molar-refractivity contribution in [2.75, 3.05) is 30.3 Å². The third-order valence-corrected chi connectivity index (χ3v) is 12.1. The molecule has 55 heavy (non-hydrogen) atoms. The standard InChI is InChI=1S/C46H54N2O6S/c1-7-8-11-27-47-38-15-10-9-14-36(38)45(3,4)42(47)25-23-40-43(33-17-19-35(20-18-33)44(49)50)34(26-29-54-40)21-24-41-46(5,6)37-31-32(2)16-22-39(37)48(41)28-12-13-30-55(51,52)53/h9-10,14-25,31H,7-8,11-13,26-30H2,1-6H3,(H-,49,50,51,52,53)/p+1. The summed E-state index contributed by atoms with van der Waals surface area (Å²) in [6, 6.07) is 22.1. The molecule has 0 spiro atoms. The number of nitrogens with zero attached hydrogens (tertiary/aromatic N) is 2. The first-order chi connectivity index (χ1) is 26.1. The van der Waals surface area contributed by atoms with E-state index < -0.39 is 16.1 Å². The second-order valence-corrected chi connectivity index (χ2v) is 17.5. The lowest BCUT2D eigenvalue weighted by Crippen LogP contribution is -2.28. The molecule has 3 heterocycles. The van der Waals surface area contributed by atoms with E-state index in [1.807, 2.05) is 12.1 Å². The zero-order chi connectivity index (χ0) is 39.5. The van der Waals surface area contributed by atoms with Crippen LogP contribution in [0.25, 0.3) is 5.57 Å². The Bertz CT molecular complexity index is 2220. The van der Waals surface area contributed by atoms with Crippen LogP contribution in [0, 0.1) is 6.92 Å². The number of carbonyl (C=O) groups is 1. The molecular weight excluding hydrogens is 709 g/mol. The number of para-hydroxylation sites is 1. The monoisotopic (exact) mass is 763 g/mol. The molecule has 0 aromatic heterocycles. The molecule has 2 N–H and O–H groups in total. The van der Waals surface area contributed by atoms with Crippen LogP contribution in [0.2, 0.25) is 0 Å². The van der Waals surface area contributed by atoms with E-state index in [0.717, 1.165) is 59.7 Å². The molecule has 0 bridgehead atoms. The van der Waals surface area contributed by atoms with Gasteiger partial charge in [0.15, 0.2) is 5.71 Å². The molecule has 6 rings (SSSR count). The third kappa shape index (κ3) is 8.43. The fraction of sp³-hybridized carbons (Fsp3) is 0.391. The molecule has 0 atom stereocenters. The van der Waals surface area contributed by atoms with E-state index in [4.69, 9.17) is 4.74 Å². The average Bonchev–Trinajstić information content (AvgIpc) is 3.48. The van der Waals surface area contributed by atoms with Crippen molar-refractivity contribution in [1.82, 2.24) is 0 Å². The van der Waals surface area contributed by atoms with Crippen molar-refractivity contribution in [3.8, 4) is 0 Å². The smallest absolute Gasteiger partial charge is 0.335 e. The molecule has 0 saturated carbocycles. The number of carboxylic acid groups (broad SMARTS) is 1. The van der Waals surface area contributed by atoms with Crippen molar-refractivity contribution in [3.05, 3.63) is 136 Å². The number of aromatic carboxylic acids is 1. The summed E-state index contributed by atoms with van der Waals surface area (Å²) in [6.45, 7) is 15.3. The quantitative estimate of drug-likeness (QED) is 0.0957. The van der Waals surface area contributed by atoms with Crippen molar-refractivity contribution in [2.45, 2.75) is 90.9 Å². The Labute approximate surface area is 327 Å². The zero-order valence-corrected chi connectivity index (χ0v) is 33.9. The van der Waals surface area contributed by atoms with Gasteiger partial charge in [-0.2, -0.15) is 13.0 Å². The van der Waals surface area contributed by atoms with E-state index in [2.05, 4.69) is 118 Å². The molecule has 3 aromatic carbocycles. The van der Waals surface area contributed by atoms with E-state index in [0.29, 0.717) is 32.4 Å². The summed E-state index contributed by atoms with van der Waals surface area (Å²) in [5.41, 5.74) is 10.9. The van der Waals surface area contributed by atoms with Crippen molar-refractivity contribution in [2.24, 2.45) is 0 Å². The van der Waals surface area contributed by atoms with Gasteiger partial charge < -0.3 is 14.7 Å². The molecule has 0 amide bonds. The maximum Gasteiger partial charge on any atom is 0.335 e. The Morgan fingerprint density at radius 1 is 0.909 bits per heavy atom. The number of benzene rings is 3. The van der Waals surface area contributed by atoms with Crippen LogP contribution in [0.1, 0.15) is 106 Å². The SMILES string of the molecule is CCCCC[N+]1=C(/C=C/C2=C(c3ccc(C(=O)O)cc3)C(=C/C=C3/N(CCCCS(=O)(=O)O)c4ccc(C)cc4C3(C)C)/CCO2)C(C)(C)c2ccccc21. The molecule has 3 aliphatic heterocycles. The summed E-state index contributed by atoms with van der Waals surface area (Å²) < 4.78 is 41.3. The number of carboxylic acids is 1. The third-order valence-electron chi connectivity index (χ3n) is 11.3. The number of rotatable bonds is 14. The van der Waals surface area contributed by atoms with Crippen molar-refractivity contribution < 1.29 is 32.2 Å². The van der Waals surface area contributed by atoms with E-state index in [9.17, 15) is 22.9 Å². The van der Waals surface area contributed by atoms with Crippen LogP contribution in [-0.4, -0.2) is 59.8 Å². The van der Waals surface area contributed by atoms with Gasteiger partial charge in [0.2, 0.25) is 5.69 Å². The number of ether oxygens (including phenoxy) is 1. The molecule has 3 aliphatic rings. The van der Waals surface area contributed by atoms with Crippen molar-refractivity contribution in [1.29, 1.82) is 0 Å². The summed E-state index contributed by atoms with van der Waals surface area (Å²) in [4.78, 5) is 14.1. The largest absolute Gasteiger partial charge is 0.493 e. The normalized spacial score (nSPS) is 19.1. The van der Waals surface area contributed by atoms with Crippen LogP contribution in [0.4, 0.5) is 11.4 Å². The maximum absolute atomic E-state index is 11.8. The summed E-state index contributed by atoms with van der Waals surface area (Å²) >= 11 is 0. The maximum atomic E-state index is 11.8. The molecule has 0 saturated heterocycles. The minimum atomic E-state index is -4.03. The van der Waals surface area contributed by atoms with Gasteiger partial charge in [-0.3, -0.25) is 4.55 Å². The van der Waals surface area contributed by atoms with Gasteiger partial charge in [-0.05, 0) is 87.1 Å². The van der Waals surface area contributed by atoms with Gasteiger partial charge in [0, 0.05) is 59.5 Å². The van der Waals surface area contributed by atoms with Gasteiger partial charge in [0.1, 0.15) is 12.3 Å². The first kappa shape index (κ1) is 39.9. The zero-order valence-electron chi connectivity index (χ0n) is 33.1. The lowest BCUT2D eigenvalue weighted by Gasteiger charge is -2.28. The molecule has 3 aromatic rings. The second kappa shape index (κ2) is 16.2. The fourth-order valence-electron chi connectivity index (χ4n) is 8.35. The first-order valence-electron chi connectivity index (χ1n) is 19.5. The summed E-state index contributed by atoms with van der Waals surface area (Å²) in [5.74, 6) is -0.505. The lowest BCUT2D eigenvalue weighted by atomic mass is 9.81. The molecule has 0 unspecified atom stereocenters. The van der Waals surface area contributed by atoms with Gasteiger partial charge in [0.05, 0.1) is 23.3 Å². The summed E-state index contributed by atoms with van der Waals surface area (Å²) in [5, 5.41) is 9.69. The highest BCUT2D eigenvalue weighted by Crippen LogP contribution is 2.48. The van der Waals surface area contributed by atoms with Crippen LogP contribution in [0.5, 0.6) is 0 Å². The predicted molar refractivity (Wildman–Crippen MR) is 222 cm³/mol. The Morgan fingerprint density at radius 3 is 2.36 bits per heavy atom. The molecule has 290 valence electrons. The average molecular weight is 764 g/mol. The topological polar surface area (TPSA) is 107 Å². The van der Waals surface area contributed by atoms with E-state index in [-0.39, 0.29) is 22.1 Å². The highest BCUT2D eigenvalue weighted by atomic mass is 32.2. The number of hydrogen-bond donors (Lipinski definition) is 2. The second-order valence-electron chi connectivity index (χ2n) is 16.0. The lowest BCUT2D eigenvalue weighted by molar-refractivity contribution is -0.438. The Morgan fingerprint density at radius 2 is 1.65 bits per heavy atom. The summed E-state index contributed by atoms with van der Waals surface area (Å²) in [6.07, 6.45) is 13.7. The fourth-order valence-corrected chi connectivity index (χ4v) is 8.92. The van der Waals surface area contributed by atoms with Gasteiger partial charge in [0.25, 0.3) is 10.1 Å². The van der Waals surface area contributed by atoms with Gasteiger partial charge in [-0.1, -0.05) is 81.3 Å². The molecule has 0 fully saturated rings. The minimum absolute atomic E-state index is 0.215.